The summed E-state index contributed by atoms with van der Waals surface area (Å²) in [5, 5.41) is 3.17. The van der Waals surface area contributed by atoms with Crippen molar-refractivity contribution in [1.82, 2.24) is 4.72 Å². The van der Waals surface area contributed by atoms with Crippen LogP contribution in [-0.2, 0) is 19.6 Å². The summed E-state index contributed by atoms with van der Waals surface area (Å²) in [6.45, 7) is 1.38. The Labute approximate surface area is 189 Å². The van der Waals surface area contributed by atoms with E-state index in [4.69, 9.17) is 32.7 Å². The average Bonchev–Trinajstić information content (AvgIpc) is 3.53. The molecule has 8 nitrogen and oxygen atoms in total. The SMILES string of the molecule is COc1ccc(C(=O)OC(C)C(=O)Nc2cc(Cl)ccc2Cl)cc1S(=O)(=O)NC1CC1. The molecule has 1 aliphatic carbocycles. The minimum atomic E-state index is -3.88. The molecule has 3 rings (SSSR count). The fraction of sp³-hybridized carbons (Fsp3) is 0.300. The van der Waals surface area contributed by atoms with E-state index in [0.717, 1.165) is 18.9 Å². The number of carbonyl (C=O) groups excluding carboxylic acids is 2. The maximum Gasteiger partial charge on any atom is 0.338 e. The topological polar surface area (TPSA) is 111 Å². The van der Waals surface area contributed by atoms with E-state index in [1.54, 1.807) is 6.07 Å². The fourth-order valence-corrected chi connectivity index (χ4v) is 4.44. The molecule has 2 aromatic rings. The summed E-state index contributed by atoms with van der Waals surface area (Å²) >= 11 is 11.9. The van der Waals surface area contributed by atoms with Gasteiger partial charge in [-0.25, -0.2) is 17.9 Å². The molecule has 0 bridgehead atoms. The summed E-state index contributed by atoms with van der Waals surface area (Å²) in [4.78, 5) is 24.7. The number of hydrogen-bond acceptors (Lipinski definition) is 6. The van der Waals surface area contributed by atoms with E-state index in [1.165, 1.54) is 38.3 Å². The highest BCUT2D eigenvalue weighted by molar-refractivity contribution is 7.89. The molecular weight excluding hydrogens is 467 g/mol. The summed E-state index contributed by atoms with van der Waals surface area (Å²) in [5.41, 5.74) is 0.225. The summed E-state index contributed by atoms with van der Waals surface area (Å²) in [5.74, 6) is -1.41. The first-order valence-corrected chi connectivity index (χ1v) is 11.5. The van der Waals surface area contributed by atoms with Crippen molar-refractivity contribution in [3.63, 3.8) is 0 Å². The standard InChI is InChI=1S/C20H20Cl2N2O6S/c1-11(19(25)23-16-10-13(21)4-7-15(16)22)30-20(26)12-3-8-17(29-2)18(9-12)31(27,28)24-14-5-6-14/h3-4,7-11,14,24H,5-6H2,1-2H3,(H,23,25). The van der Waals surface area contributed by atoms with Gasteiger partial charge in [-0.05, 0) is 56.2 Å². The second kappa shape index (κ2) is 9.44. The van der Waals surface area contributed by atoms with Crippen molar-refractivity contribution < 1.29 is 27.5 Å². The monoisotopic (exact) mass is 486 g/mol. The van der Waals surface area contributed by atoms with Crippen molar-refractivity contribution in [1.29, 1.82) is 0 Å². The minimum Gasteiger partial charge on any atom is -0.495 e. The van der Waals surface area contributed by atoms with Crippen LogP contribution < -0.4 is 14.8 Å². The lowest BCUT2D eigenvalue weighted by Crippen LogP contribution is -2.30. The number of carbonyl (C=O) groups is 2. The molecule has 1 unspecified atom stereocenters. The van der Waals surface area contributed by atoms with Gasteiger partial charge in [0.15, 0.2) is 6.10 Å². The molecule has 1 aliphatic rings. The largest absolute Gasteiger partial charge is 0.495 e. The van der Waals surface area contributed by atoms with Crippen LogP contribution in [0.1, 0.15) is 30.1 Å². The zero-order valence-corrected chi connectivity index (χ0v) is 19.0. The van der Waals surface area contributed by atoms with Gasteiger partial charge in [0.2, 0.25) is 10.0 Å². The Morgan fingerprint density at radius 2 is 1.84 bits per heavy atom. The summed E-state index contributed by atoms with van der Waals surface area (Å²) < 4.78 is 38.0. The first-order valence-electron chi connectivity index (χ1n) is 9.28. The van der Waals surface area contributed by atoms with E-state index in [9.17, 15) is 18.0 Å². The Balaban J connectivity index is 1.74. The normalized spacial score (nSPS) is 14.6. The van der Waals surface area contributed by atoms with Gasteiger partial charge >= 0.3 is 5.97 Å². The predicted octanol–water partition coefficient (Wildman–Crippen LogP) is 3.63. The smallest absolute Gasteiger partial charge is 0.338 e. The lowest BCUT2D eigenvalue weighted by Gasteiger charge is -2.15. The third-order valence-corrected chi connectivity index (χ3v) is 6.53. The van der Waals surface area contributed by atoms with Crippen LogP contribution in [-0.4, -0.2) is 39.5 Å². The maximum absolute atomic E-state index is 12.6. The number of benzene rings is 2. The van der Waals surface area contributed by atoms with E-state index < -0.39 is 28.0 Å². The van der Waals surface area contributed by atoms with Gasteiger partial charge in [0, 0.05) is 11.1 Å². The van der Waals surface area contributed by atoms with E-state index in [1.807, 2.05) is 0 Å². The molecule has 2 N–H and O–H groups in total. The van der Waals surface area contributed by atoms with Crippen LogP contribution >= 0.6 is 23.2 Å². The number of halogens is 2. The van der Waals surface area contributed by atoms with Gasteiger partial charge in [0.05, 0.1) is 23.4 Å². The summed E-state index contributed by atoms with van der Waals surface area (Å²) in [6.07, 6.45) is 0.327. The number of rotatable bonds is 8. The minimum absolute atomic E-state index is 0.0441. The Hall–Kier alpha value is -2.33. The third kappa shape index (κ3) is 5.88. The second-order valence-corrected chi connectivity index (χ2v) is 9.45. The Morgan fingerprint density at radius 1 is 1.13 bits per heavy atom. The molecule has 0 spiro atoms. The quantitative estimate of drug-likeness (QED) is 0.551. The van der Waals surface area contributed by atoms with Crippen LogP contribution in [0.15, 0.2) is 41.3 Å². The molecule has 2 aromatic carbocycles. The van der Waals surface area contributed by atoms with Gasteiger partial charge in [-0.15, -0.1) is 0 Å². The molecule has 31 heavy (non-hydrogen) atoms. The van der Waals surface area contributed by atoms with E-state index in [-0.39, 0.29) is 33.0 Å². The van der Waals surface area contributed by atoms with Crippen LogP contribution in [0.25, 0.3) is 0 Å². The number of nitrogens with one attached hydrogen (secondary N) is 2. The number of hydrogen-bond donors (Lipinski definition) is 2. The first-order chi connectivity index (χ1) is 14.6. The second-order valence-electron chi connectivity index (χ2n) is 6.92. The number of sulfonamides is 1. The van der Waals surface area contributed by atoms with Crippen molar-refractivity contribution in [3.05, 3.63) is 52.0 Å². The van der Waals surface area contributed by atoms with Crippen LogP contribution in [0.3, 0.4) is 0 Å². The average molecular weight is 487 g/mol. The zero-order chi connectivity index (χ0) is 22.8. The molecule has 1 saturated carbocycles. The molecule has 0 heterocycles. The Kier molecular flexibility index (Phi) is 7.10. The molecule has 0 aliphatic heterocycles. The fourth-order valence-electron chi connectivity index (χ4n) is 2.61. The highest BCUT2D eigenvalue weighted by Gasteiger charge is 2.31. The number of amides is 1. The molecule has 0 aromatic heterocycles. The number of esters is 1. The van der Waals surface area contributed by atoms with Gasteiger partial charge in [-0.1, -0.05) is 23.2 Å². The zero-order valence-electron chi connectivity index (χ0n) is 16.6. The van der Waals surface area contributed by atoms with E-state index in [0.29, 0.717) is 5.02 Å². The van der Waals surface area contributed by atoms with E-state index >= 15 is 0 Å². The van der Waals surface area contributed by atoms with Gasteiger partial charge in [-0.2, -0.15) is 0 Å². The van der Waals surface area contributed by atoms with Gasteiger partial charge in [0.1, 0.15) is 10.6 Å². The van der Waals surface area contributed by atoms with Crippen LogP contribution in [0.5, 0.6) is 5.75 Å². The third-order valence-electron chi connectivity index (χ3n) is 4.43. The molecule has 1 amide bonds. The van der Waals surface area contributed by atoms with Crippen LogP contribution in [0, 0.1) is 0 Å². The molecule has 11 heteroatoms. The summed E-state index contributed by atoms with van der Waals surface area (Å²) in [6, 6.07) is 8.30. The molecular formula is C20H20Cl2N2O6S. The lowest BCUT2D eigenvalue weighted by atomic mass is 10.2. The maximum atomic E-state index is 12.6. The number of methoxy groups -OCH3 is 1. The molecule has 1 fully saturated rings. The van der Waals surface area contributed by atoms with Gasteiger partial charge < -0.3 is 14.8 Å². The first kappa shape index (κ1) is 23.3. The van der Waals surface area contributed by atoms with Crippen molar-refractivity contribution >= 4 is 50.8 Å². The van der Waals surface area contributed by atoms with Gasteiger partial charge in [-0.3, -0.25) is 4.79 Å². The summed E-state index contributed by atoms with van der Waals surface area (Å²) in [7, 11) is -2.55. The van der Waals surface area contributed by atoms with Crippen LogP contribution in [0.2, 0.25) is 10.0 Å². The number of anilines is 1. The van der Waals surface area contributed by atoms with E-state index in [2.05, 4.69) is 10.0 Å². The predicted molar refractivity (Wildman–Crippen MR) is 116 cm³/mol. The van der Waals surface area contributed by atoms with Crippen molar-refractivity contribution in [2.24, 2.45) is 0 Å². The Bertz CT molecular complexity index is 1120. The van der Waals surface area contributed by atoms with Gasteiger partial charge in [0.25, 0.3) is 5.91 Å². The van der Waals surface area contributed by atoms with Crippen molar-refractivity contribution in [2.75, 3.05) is 12.4 Å². The number of ether oxygens (including phenoxy) is 2. The molecule has 1 atom stereocenters. The Morgan fingerprint density at radius 3 is 2.48 bits per heavy atom. The molecule has 166 valence electrons. The highest BCUT2D eigenvalue weighted by atomic mass is 35.5. The highest BCUT2D eigenvalue weighted by Crippen LogP contribution is 2.29. The van der Waals surface area contributed by atoms with Crippen LogP contribution in [0.4, 0.5) is 5.69 Å². The molecule has 0 saturated heterocycles. The molecule has 0 radical (unpaired) electrons. The lowest BCUT2D eigenvalue weighted by molar-refractivity contribution is -0.123. The van der Waals surface area contributed by atoms with Crippen molar-refractivity contribution in [2.45, 2.75) is 36.8 Å². The van der Waals surface area contributed by atoms with Crippen molar-refractivity contribution in [3.8, 4) is 5.75 Å².